The van der Waals surface area contributed by atoms with Gasteiger partial charge in [-0.2, -0.15) is 0 Å². The molecule has 0 fully saturated rings. The van der Waals surface area contributed by atoms with Crippen LogP contribution in [0.3, 0.4) is 0 Å². The molecule has 0 radical (unpaired) electrons. The van der Waals surface area contributed by atoms with E-state index in [0.29, 0.717) is 6.42 Å². The number of aromatic nitrogens is 1. The number of benzene rings is 3. The molecule has 3 amide bonds. The number of amides is 3. The molecule has 0 aliphatic rings. The summed E-state index contributed by atoms with van der Waals surface area (Å²) in [6, 6.07) is 18.6. The van der Waals surface area contributed by atoms with E-state index >= 15 is 0 Å². The molecule has 0 aliphatic heterocycles. The van der Waals surface area contributed by atoms with Gasteiger partial charge in [0.25, 0.3) is 0 Å². The van der Waals surface area contributed by atoms with Crippen LogP contribution in [0.1, 0.15) is 37.0 Å². The lowest BCUT2D eigenvalue weighted by molar-refractivity contribution is -0.142. The van der Waals surface area contributed by atoms with Crippen LogP contribution in [0.4, 0.5) is 0 Å². The van der Waals surface area contributed by atoms with Gasteiger partial charge < -0.3 is 36.9 Å². The molecule has 5 atom stereocenters. The van der Waals surface area contributed by atoms with Crippen LogP contribution in [0.5, 0.6) is 5.75 Å². The number of H-pyrrole nitrogens is 1. The highest BCUT2D eigenvalue weighted by atomic mass is 16.4. The van der Waals surface area contributed by atoms with Gasteiger partial charge in [0, 0.05) is 29.9 Å². The number of hydrogen-bond acceptors (Lipinski definition) is 6. The second-order valence-electron chi connectivity index (χ2n) is 11.6. The molecule has 11 heteroatoms. The Bertz CT molecular complexity index is 1640. The molecule has 3 aromatic carbocycles. The highest BCUT2D eigenvalue weighted by Gasteiger charge is 2.33. The van der Waals surface area contributed by atoms with E-state index in [0.717, 1.165) is 27.6 Å². The summed E-state index contributed by atoms with van der Waals surface area (Å²) in [6.45, 7) is 3.65. The molecule has 8 N–H and O–H groups in total. The predicted octanol–water partition coefficient (Wildman–Crippen LogP) is 2.81. The van der Waals surface area contributed by atoms with Gasteiger partial charge in [-0.3, -0.25) is 14.4 Å². The normalized spacial score (nSPS) is 14.4. The lowest BCUT2D eigenvalue weighted by atomic mass is 9.96. The summed E-state index contributed by atoms with van der Waals surface area (Å²) in [6.07, 6.45) is 2.60. The Morgan fingerprint density at radius 1 is 0.761 bits per heavy atom. The molecule has 5 unspecified atom stereocenters. The van der Waals surface area contributed by atoms with Crippen molar-refractivity contribution in [3.05, 3.63) is 102 Å². The van der Waals surface area contributed by atoms with E-state index in [4.69, 9.17) is 5.73 Å². The Morgan fingerprint density at radius 3 is 2.07 bits per heavy atom. The standard InChI is InChI=1S/C35H41N5O6/c1-3-21(2)31(34(44)39-30(35(45)46)19-24-20-37-28-12-8-7-11-26(24)28)40-33(43)29(18-22-9-5-4-6-10-22)38-32(42)27(36)17-23-13-15-25(41)16-14-23/h4-16,20-21,27,29-31,37,41H,3,17-19,36H2,1-2H3,(H,38,42)(H,39,44)(H,40,43)(H,45,46). The first kappa shape index (κ1) is 33.7. The second kappa shape index (κ2) is 15.7. The Kier molecular flexibility index (Phi) is 11.5. The Morgan fingerprint density at radius 2 is 1.39 bits per heavy atom. The van der Waals surface area contributed by atoms with Crippen molar-refractivity contribution in [1.82, 2.24) is 20.9 Å². The lowest BCUT2D eigenvalue weighted by Crippen LogP contribution is -2.59. The minimum Gasteiger partial charge on any atom is -0.508 e. The number of aromatic hydroxyl groups is 1. The number of phenolic OH excluding ortho intramolecular Hbond substituents is 1. The van der Waals surface area contributed by atoms with Gasteiger partial charge in [0.1, 0.15) is 23.9 Å². The van der Waals surface area contributed by atoms with E-state index in [1.165, 1.54) is 12.1 Å². The van der Waals surface area contributed by atoms with Crippen molar-refractivity contribution in [2.75, 3.05) is 0 Å². The van der Waals surface area contributed by atoms with Gasteiger partial charge in [0.2, 0.25) is 17.7 Å². The molecule has 46 heavy (non-hydrogen) atoms. The van der Waals surface area contributed by atoms with Crippen molar-refractivity contribution in [1.29, 1.82) is 0 Å². The van der Waals surface area contributed by atoms with Crippen LogP contribution < -0.4 is 21.7 Å². The number of hydrogen-bond donors (Lipinski definition) is 7. The largest absolute Gasteiger partial charge is 0.508 e. The Hall–Kier alpha value is -5.16. The molecular weight excluding hydrogens is 586 g/mol. The van der Waals surface area contributed by atoms with Crippen LogP contribution >= 0.6 is 0 Å². The topological polar surface area (TPSA) is 187 Å². The smallest absolute Gasteiger partial charge is 0.326 e. The summed E-state index contributed by atoms with van der Waals surface area (Å²) < 4.78 is 0. The second-order valence-corrected chi connectivity index (χ2v) is 11.6. The number of para-hydroxylation sites is 1. The highest BCUT2D eigenvalue weighted by Crippen LogP contribution is 2.20. The maximum atomic E-state index is 13.8. The lowest BCUT2D eigenvalue weighted by Gasteiger charge is -2.28. The van der Waals surface area contributed by atoms with Crippen LogP contribution in [0.25, 0.3) is 10.9 Å². The predicted molar refractivity (Wildman–Crippen MR) is 175 cm³/mol. The number of nitrogens with two attached hydrogens (primary N) is 1. The highest BCUT2D eigenvalue weighted by molar-refractivity contribution is 5.94. The molecule has 1 aromatic heterocycles. The zero-order chi connectivity index (χ0) is 33.2. The average molecular weight is 628 g/mol. The zero-order valence-electron chi connectivity index (χ0n) is 25.9. The van der Waals surface area contributed by atoms with Gasteiger partial charge >= 0.3 is 5.97 Å². The third-order valence-corrected chi connectivity index (χ3v) is 8.15. The molecule has 4 rings (SSSR count). The summed E-state index contributed by atoms with van der Waals surface area (Å²) in [5.74, 6) is -3.25. The van der Waals surface area contributed by atoms with E-state index in [9.17, 15) is 29.4 Å². The summed E-state index contributed by atoms with van der Waals surface area (Å²) in [4.78, 5) is 55.9. The summed E-state index contributed by atoms with van der Waals surface area (Å²) in [7, 11) is 0. The molecular formula is C35H41N5O6. The van der Waals surface area contributed by atoms with Gasteiger partial charge in [-0.05, 0) is 47.2 Å². The summed E-state index contributed by atoms with van der Waals surface area (Å²) >= 11 is 0. The van der Waals surface area contributed by atoms with Gasteiger partial charge in [-0.25, -0.2) is 4.79 Å². The van der Waals surface area contributed by atoms with Gasteiger partial charge in [0.15, 0.2) is 0 Å². The molecule has 0 saturated heterocycles. The van der Waals surface area contributed by atoms with Crippen molar-refractivity contribution in [3.63, 3.8) is 0 Å². The molecule has 11 nitrogen and oxygen atoms in total. The number of carboxylic acid groups (broad SMARTS) is 1. The molecule has 1 heterocycles. The van der Waals surface area contributed by atoms with E-state index in [2.05, 4.69) is 20.9 Å². The van der Waals surface area contributed by atoms with Gasteiger partial charge in [0.05, 0.1) is 6.04 Å². The molecule has 0 saturated carbocycles. The fourth-order valence-corrected chi connectivity index (χ4v) is 5.25. The van der Waals surface area contributed by atoms with Crippen LogP contribution in [0.2, 0.25) is 0 Å². The molecule has 0 bridgehead atoms. The third-order valence-electron chi connectivity index (χ3n) is 8.15. The third kappa shape index (κ3) is 8.95. The minimum absolute atomic E-state index is 0.0396. The fraction of sp³-hybridized carbons (Fsp3) is 0.314. The first-order chi connectivity index (χ1) is 22.0. The fourth-order valence-electron chi connectivity index (χ4n) is 5.25. The van der Waals surface area contributed by atoms with Crippen LogP contribution in [-0.4, -0.2) is 63.1 Å². The number of aliphatic carboxylic acids is 1. The molecule has 242 valence electrons. The summed E-state index contributed by atoms with van der Waals surface area (Å²) in [5.41, 5.74) is 9.30. The molecule has 0 spiro atoms. The Labute approximate surface area is 267 Å². The Balaban J connectivity index is 1.50. The number of rotatable bonds is 15. The van der Waals surface area contributed by atoms with Gasteiger partial charge in [-0.15, -0.1) is 0 Å². The number of phenols is 1. The monoisotopic (exact) mass is 627 g/mol. The van der Waals surface area contributed by atoms with Crippen LogP contribution in [-0.2, 0) is 38.4 Å². The number of carbonyl (C=O) groups excluding carboxylic acids is 3. The number of nitrogens with one attached hydrogen (secondary N) is 4. The zero-order valence-corrected chi connectivity index (χ0v) is 25.9. The quantitative estimate of drug-likeness (QED) is 0.106. The maximum absolute atomic E-state index is 13.8. The number of carboxylic acids is 1. The number of carbonyl (C=O) groups is 4. The first-order valence-corrected chi connectivity index (χ1v) is 15.3. The maximum Gasteiger partial charge on any atom is 0.326 e. The van der Waals surface area contributed by atoms with Crippen LogP contribution in [0, 0.1) is 5.92 Å². The SMILES string of the molecule is CCC(C)C(NC(=O)C(Cc1ccccc1)NC(=O)C(N)Cc1ccc(O)cc1)C(=O)NC(Cc1c[nH]c2ccccc12)C(=O)O. The molecule has 4 aromatic rings. The average Bonchev–Trinajstić information content (AvgIpc) is 3.46. The van der Waals surface area contributed by atoms with Crippen molar-refractivity contribution in [3.8, 4) is 5.75 Å². The van der Waals surface area contributed by atoms with Gasteiger partial charge in [-0.1, -0.05) is 80.9 Å². The van der Waals surface area contributed by atoms with Crippen molar-refractivity contribution in [2.24, 2.45) is 11.7 Å². The number of aromatic amines is 1. The van der Waals surface area contributed by atoms with E-state index in [1.54, 1.807) is 25.3 Å². The minimum atomic E-state index is -1.24. The van der Waals surface area contributed by atoms with Crippen LogP contribution in [0.15, 0.2) is 85.1 Å². The first-order valence-electron chi connectivity index (χ1n) is 15.3. The number of fused-ring (bicyclic) bond motifs is 1. The van der Waals surface area contributed by atoms with E-state index < -0.39 is 47.9 Å². The van der Waals surface area contributed by atoms with E-state index in [-0.39, 0.29) is 30.9 Å². The van der Waals surface area contributed by atoms with Crippen molar-refractivity contribution in [2.45, 2.75) is 63.7 Å². The van der Waals surface area contributed by atoms with Crippen molar-refractivity contribution < 1.29 is 29.4 Å². The summed E-state index contributed by atoms with van der Waals surface area (Å²) in [5, 5.41) is 28.6. The van der Waals surface area contributed by atoms with Crippen molar-refractivity contribution >= 4 is 34.6 Å². The van der Waals surface area contributed by atoms with E-state index in [1.807, 2.05) is 61.5 Å². The molecule has 0 aliphatic carbocycles.